The maximum Gasteiger partial charge on any atom is 0.229 e. The number of carbonyl (C=O) groups is 2. The molecule has 1 aromatic carbocycles. The number of piperidine rings is 1. The summed E-state index contributed by atoms with van der Waals surface area (Å²) in [5.74, 6) is -0.392. The fourth-order valence-corrected chi connectivity index (χ4v) is 2.12. The quantitative estimate of drug-likeness (QED) is 0.877. The third-order valence-corrected chi connectivity index (χ3v) is 3.39. The minimum atomic E-state index is -0.224. The van der Waals surface area contributed by atoms with Gasteiger partial charge in [-0.2, -0.15) is 0 Å². The van der Waals surface area contributed by atoms with Crippen LogP contribution in [0.15, 0.2) is 18.2 Å². The minimum Gasteiger partial charge on any atom is -0.355 e. The van der Waals surface area contributed by atoms with Crippen molar-refractivity contribution in [1.82, 2.24) is 5.32 Å². The van der Waals surface area contributed by atoms with Gasteiger partial charge in [0.2, 0.25) is 11.8 Å². The molecule has 2 amide bonds. The molecule has 0 aliphatic carbocycles. The predicted molar refractivity (Wildman–Crippen MR) is 70.8 cm³/mol. The van der Waals surface area contributed by atoms with Crippen LogP contribution in [0.1, 0.15) is 12.8 Å². The van der Waals surface area contributed by atoms with E-state index in [-0.39, 0.29) is 17.7 Å². The summed E-state index contributed by atoms with van der Waals surface area (Å²) in [6.45, 7) is 0.364. The number of anilines is 1. The van der Waals surface area contributed by atoms with Gasteiger partial charge in [-0.25, -0.2) is 0 Å². The van der Waals surface area contributed by atoms with Crippen LogP contribution in [0.3, 0.4) is 0 Å². The predicted octanol–water partition coefficient (Wildman–Crippen LogP) is 2.46. The van der Waals surface area contributed by atoms with Crippen LogP contribution in [-0.4, -0.2) is 18.4 Å². The second-order valence-electron chi connectivity index (χ2n) is 4.15. The smallest absolute Gasteiger partial charge is 0.229 e. The lowest BCUT2D eigenvalue weighted by molar-refractivity contribution is -0.126. The number of carbonyl (C=O) groups excluding carboxylic acids is 2. The van der Waals surface area contributed by atoms with E-state index in [2.05, 4.69) is 10.6 Å². The van der Waals surface area contributed by atoms with E-state index in [0.29, 0.717) is 35.1 Å². The highest BCUT2D eigenvalue weighted by Gasteiger charge is 2.24. The van der Waals surface area contributed by atoms with Crippen LogP contribution in [0.2, 0.25) is 10.0 Å². The summed E-state index contributed by atoms with van der Waals surface area (Å²) < 4.78 is 0. The molecule has 2 N–H and O–H groups in total. The van der Waals surface area contributed by atoms with Crippen LogP contribution in [0.25, 0.3) is 0 Å². The molecule has 0 saturated carbocycles. The Hall–Kier alpha value is -1.26. The van der Waals surface area contributed by atoms with Crippen LogP contribution in [-0.2, 0) is 9.59 Å². The number of benzene rings is 1. The molecule has 1 atom stereocenters. The molecule has 1 unspecified atom stereocenters. The van der Waals surface area contributed by atoms with Gasteiger partial charge in [0, 0.05) is 18.0 Å². The molecule has 6 heteroatoms. The lowest BCUT2D eigenvalue weighted by atomic mass is 9.98. The highest BCUT2D eigenvalue weighted by Crippen LogP contribution is 2.26. The van der Waals surface area contributed by atoms with Crippen LogP contribution in [0.4, 0.5) is 5.69 Å². The van der Waals surface area contributed by atoms with Gasteiger partial charge in [-0.3, -0.25) is 9.59 Å². The Balaban J connectivity index is 2.02. The van der Waals surface area contributed by atoms with Crippen LogP contribution < -0.4 is 10.6 Å². The first kappa shape index (κ1) is 13.2. The van der Waals surface area contributed by atoms with Crippen molar-refractivity contribution in [3.8, 4) is 0 Å². The zero-order chi connectivity index (χ0) is 13.1. The summed E-state index contributed by atoms with van der Waals surface area (Å²) in [6.07, 6.45) is 0.928. The van der Waals surface area contributed by atoms with E-state index in [1.54, 1.807) is 18.2 Å². The van der Waals surface area contributed by atoms with Crippen molar-refractivity contribution in [2.24, 2.45) is 5.92 Å². The van der Waals surface area contributed by atoms with Crippen LogP contribution in [0.5, 0.6) is 0 Å². The molecule has 0 bridgehead atoms. The van der Waals surface area contributed by atoms with Crippen LogP contribution in [0, 0.1) is 5.92 Å². The van der Waals surface area contributed by atoms with E-state index in [1.807, 2.05) is 0 Å². The molecule has 1 aliphatic rings. The van der Waals surface area contributed by atoms with E-state index < -0.39 is 0 Å². The second-order valence-corrected chi connectivity index (χ2v) is 5.00. The first-order valence-electron chi connectivity index (χ1n) is 5.59. The topological polar surface area (TPSA) is 58.2 Å². The summed E-state index contributed by atoms with van der Waals surface area (Å²) in [7, 11) is 0. The molecule has 0 aromatic heterocycles. The standard InChI is InChI=1S/C12H12Cl2N2O2/c13-8-2-3-9(14)10(5-8)16-12(18)7-1-4-11(17)15-6-7/h2-3,5,7H,1,4,6H2,(H,15,17)(H,16,18). The molecule has 1 fully saturated rings. The Labute approximate surface area is 115 Å². The number of rotatable bonds is 2. The summed E-state index contributed by atoms with van der Waals surface area (Å²) in [5, 5.41) is 6.34. The van der Waals surface area contributed by atoms with Crippen molar-refractivity contribution in [1.29, 1.82) is 0 Å². The van der Waals surface area contributed by atoms with Gasteiger partial charge >= 0.3 is 0 Å². The first-order valence-corrected chi connectivity index (χ1v) is 6.34. The highest BCUT2D eigenvalue weighted by atomic mass is 35.5. The SMILES string of the molecule is O=C1CCC(C(=O)Nc2cc(Cl)ccc2Cl)CN1. The van der Waals surface area contributed by atoms with Gasteiger partial charge in [-0.1, -0.05) is 23.2 Å². The summed E-state index contributed by atoms with van der Waals surface area (Å²) in [6, 6.07) is 4.88. The Bertz CT molecular complexity index is 481. The lowest BCUT2D eigenvalue weighted by Gasteiger charge is -2.21. The summed E-state index contributed by atoms with van der Waals surface area (Å²) >= 11 is 11.8. The molecular weight excluding hydrogens is 275 g/mol. The van der Waals surface area contributed by atoms with Gasteiger partial charge in [0.15, 0.2) is 0 Å². The zero-order valence-corrected chi connectivity index (χ0v) is 11.0. The van der Waals surface area contributed by atoms with Gasteiger partial charge in [-0.05, 0) is 24.6 Å². The number of halogens is 2. The zero-order valence-electron chi connectivity index (χ0n) is 9.50. The third-order valence-electron chi connectivity index (χ3n) is 2.82. The van der Waals surface area contributed by atoms with Crippen molar-refractivity contribution in [2.45, 2.75) is 12.8 Å². The van der Waals surface area contributed by atoms with E-state index in [0.717, 1.165) is 0 Å². The Kier molecular flexibility index (Phi) is 4.09. The fraction of sp³-hybridized carbons (Fsp3) is 0.333. The van der Waals surface area contributed by atoms with Crippen LogP contribution >= 0.6 is 23.2 Å². The van der Waals surface area contributed by atoms with Gasteiger partial charge < -0.3 is 10.6 Å². The van der Waals surface area contributed by atoms with Crippen molar-refractivity contribution < 1.29 is 9.59 Å². The number of nitrogens with one attached hydrogen (secondary N) is 2. The molecule has 96 valence electrons. The average Bonchev–Trinajstić information content (AvgIpc) is 2.34. The molecular formula is C12H12Cl2N2O2. The molecule has 4 nitrogen and oxygen atoms in total. The van der Waals surface area contributed by atoms with Crippen molar-refractivity contribution in [2.75, 3.05) is 11.9 Å². The molecule has 18 heavy (non-hydrogen) atoms. The van der Waals surface area contributed by atoms with Gasteiger partial charge in [0.25, 0.3) is 0 Å². The van der Waals surface area contributed by atoms with Crippen molar-refractivity contribution in [3.05, 3.63) is 28.2 Å². The first-order chi connectivity index (χ1) is 8.56. The van der Waals surface area contributed by atoms with Gasteiger partial charge in [-0.15, -0.1) is 0 Å². The van der Waals surface area contributed by atoms with E-state index in [4.69, 9.17) is 23.2 Å². The molecule has 1 heterocycles. The molecule has 1 aromatic rings. The molecule has 2 rings (SSSR count). The van der Waals surface area contributed by atoms with E-state index in [1.165, 1.54) is 0 Å². The summed E-state index contributed by atoms with van der Waals surface area (Å²) in [5.41, 5.74) is 0.492. The van der Waals surface area contributed by atoms with Crippen molar-refractivity contribution >= 4 is 40.7 Å². The highest BCUT2D eigenvalue weighted by molar-refractivity contribution is 6.35. The van der Waals surface area contributed by atoms with Gasteiger partial charge in [0.05, 0.1) is 16.6 Å². The second kappa shape index (κ2) is 5.59. The average molecular weight is 287 g/mol. The minimum absolute atomic E-state index is 0.0140. The molecule has 0 radical (unpaired) electrons. The fourth-order valence-electron chi connectivity index (χ4n) is 1.78. The molecule has 1 aliphatic heterocycles. The molecule has 1 saturated heterocycles. The number of amides is 2. The normalized spacial score (nSPS) is 19.2. The lowest BCUT2D eigenvalue weighted by Crippen LogP contribution is -2.40. The molecule has 0 spiro atoms. The Morgan fingerprint density at radius 2 is 2.17 bits per heavy atom. The number of hydrogen-bond acceptors (Lipinski definition) is 2. The maximum atomic E-state index is 12.0. The van der Waals surface area contributed by atoms with Crippen molar-refractivity contribution in [3.63, 3.8) is 0 Å². The Morgan fingerprint density at radius 1 is 1.39 bits per heavy atom. The van der Waals surface area contributed by atoms with E-state index in [9.17, 15) is 9.59 Å². The number of hydrogen-bond donors (Lipinski definition) is 2. The third kappa shape index (κ3) is 3.15. The van der Waals surface area contributed by atoms with E-state index >= 15 is 0 Å². The largest absolute Gasteiger partial charge is 0.355 e. The monoisotopic (exact) mass is 286 g/mol. The maximum absolute atomic E-state index is 12.0. The summed E-state index contributed by atoms with van der Waals surface area (Å²) in [4.78, 5) is 23.0. The Morgan fingerprint density at radius 3 is 2.83 bits per heavy atom. The van der Waals surface area contributed by atoms with Gasteiger partial charge in [0.1, 0.15) is 0 Å².